The average Bonchev–Trinajstić information content (AvgIpc) is 3.09. The van der Waals surface area contributed by atoms with E-state index in [1.54, 1.807) is 12.1 Å². The van der Waals surface area contributed by atoms with Crippen molar-refractivity contribution in [1.82, 2.24) is 0 Å². The lowest BCUT2D eigenvalue weighted by molar-refractivity contribution is -0.113. The van der Waals surface area contributed by atoms with Gasteiger partial charge in [-0.05, 0) is 49.2 Å². The van der Waals surface area contributed by atoms with Gasteiger partial charge in [0.05, 0.1) is 17.1 Å². The zero-order chi connectivity index (χ0) is 16.1. The maximum atomic E-state index is 12.9. The molecule has 1 aliphatic rings. The van der Waals surface area contributed by atoms with Gasteiger partial charge in [-0.1, -0.05) is 12.1 Å². The zero-order valence-electron chi connectivity index (χ0n) is 12.8. The summed E-state index contributed by atoms with van der Waals surface area (Å²) in [5, 5.41) is 2.99. The van der Waals surface area contributed by atoms with Crippen molar-refractivity contribution in [3.8, 4) is 0 Å². The number of thioether (sulfide) groups is 1. The van der Waals surface area contributed by atoms with Gasteiger partial charge in [0, 0.05) is 18.0 Å². The van der Waals surface area contributed by atoms with Gasteiger partial charge >= 0.3 is 0 Å². The Morgan fingerprint density at radius 1 is 1.09 bits per heavy atom. The fraction of sp³-hybridized carbons (Fsp3) is 0.278. The van der Waals surface area contributed by atoms with Crippen LogP contribution in [0.15, 0.2) is 53.4 Å². The van der Waals surface area contributed by atoms with Crippen LogP contribution in [0.3, 0.4) is 0 Å². The summed E-state index contributed by atoms with van der Waals surface area (Å²) in [5.41, 5.74) is 1.95. The minimum atomic E-state index is -0.265. The van der Waals surface area contributed by atoms with Gasteiger partial charge in [0.1, 0.15) is 5.82 Å². The smallest absolute Gasteiger partial charge is 0.234 e. The number of amides is 1. The lowest BCUT2D eigenvalue weighted by atomic mass is 10.2. The molecule has 5 heteroatoms. The third-order valence-electron chi connectivity index (χ3n) is 3.81. The van der Waals surface area contributed by atoms with E-state index in [4.69, 9.17) is 0 Å². The largest absolute Gasteiger partial charge is 0.370 e. The van der Waals surface area contributed by atoms with E-state index in [2.05, 4.69) is 10.2 Å². The van der Waals surface area contributed by atoms with Gasteiger partial charge in [-0.25, -0.2) is 4.39 Å². The second-order valence-corrected chi connectivity index (χ2v) is 6.55. The number of nitrogens with zero attached hydrogens (tertiary/aromatic N) is 1. The van der Waals surface area contributed by atoms with E-state index in [1.165, 1.54) is 36.7 Å². The van der Waals surface area contributed by atoms with Crippen molar-refractivity contribution >= 4 is 29.0 Å². The topological polar surface area (TPSA) is 32.3 Å². The lowest BCUT2D eigenvalue weighted by Gasteiger charge is -2.21. The highest BCUT2D eigenvalue weighted by Crippen LogP contribution is 2.29. The van der Waals surface area contributed by atoms with Gasteiger partial charge in [-0.15, -0.1) is 11.8 Å². The molecule has 0 bridgehead atoms. The van der Waals surface area contributed by atoms with E-state index in [-0.39, 0.29) is 11.7 Å². The molecule has 1 heterocycles. The summed E-state index contributed by atoms with van der Waals surface area (Å²) in [5.74, 6) is -0.00993. The molecule has 0 saturated carbocycles. The monoisotopic (exact) mass is 330 g/mol. The Morgan fingerprint density at radius 2 is 1.78 bits per heavy atom. The van der Waals surface area contributed by atoms with Crippen LogP contribution in [0.4, 0.5) is 15.8 Å². The van der Waals surface area contributed by atoms with Gasteiger partial charge in [-0.3, -0.25) is 4.79 Å². The molecule has 2 aromatic carbocycles. The van der Waals surface area contributed by atoms with E-state index in [0.29, 0.717) is 5.75 Å². The molecule has 1 saturated heterocycles. The minimum Gasteiger partial charge on any atom is -0.370 e. The number of carbonyl (C=O) groups is 1. The molecule has 1 amide bonds. The number of carbonyl (C=O) groups excluding carboxylic acids is 1. The summed E-state index contributed by atoms with van der Waals surface area (Å²) in [6.07, 6.45) is 2.39. The van der Waals surface area contributed by atoms with Crippen LogP contribution >= 0.6 is 11.8 Å². The zero-order valence-corrected chi connectivity index (χ0v) is 13.6. The molecule has 1 fully saturated rings. The fourth-order valence-electron chi connectivity index (χ4n) is 2.68. The number of para-hydroxylation sites is 2. The fourth-order valence-corrected chi connectivity index (χ4v) is 3.38. The predicted octanol–water partition coefficient (Wildman–Crippen LogP) is 4.16. The van der Waals surface area contributed by atoms with E-state index in [9.17, 15) is 9.18 Å². The molecule has 23 heavy (non-hydrogen) atoms. The summed E-state index contributed by atoms with van der Waals surface area (Å²) in [7, 11) is 0. The highest BCUT2D eigenvalue weighted by molar-refractivity contribution is 8.00. The van der Waals surface area contributed by atoms with Crippen LogP contribution in [-0.4, -0.2) is 24.7 Å². The van der Waals surface area contributed by atoms with Gasteiger partial charge in [0.2, 0.25) is 5.91 Å². The first-order valence-corrected chi connectivity index (χ1v) is 8.73. The summed E-state index contributed by atoms with van der Waals surface area (Å²) >= 11 is 1.40. The second-order valence-electron chi connectivity index (χ2n) is 5.50. The molecular weight excluding hydrogens is 311 g/mol. The summed E-state index contributed by atoms with van der Waals surface area (Å²) < 4.78 is 12.9. The first kappa shape index (κ1) is 15.9. The molecule has 2 aromatic rings. The Hall–Kier alpha value is -2.01. The van der Waals surface area contributed by atoms with Crippen molar-refractivity contribution in [3.63, 3.8) is 0 Å². The van der Waals surface area contributed by atoms with Crippen LogP contribution in [0.1, 0.15) is 12.8 Å². The highest BCUT2D eigenvalue weighted by atomic mass is 32.2. The Bertz CT molecular complexity index is 669. The van der Waals surface area contributed by atoms with Crippen molar-refractivity contribution in [2.24, 2.45) is 0 Å². The summed E-state index contributed by atoms with van der Waals surface area (Å²) in [6, 6.07) is 14.1. The van der Waals surface area contributed by atoms with E-state index >= 15 is 0 Å². The van der Waals surface area contributed by atoms with Crippen molar-refractivity contribution in [3.05, 3.63) is 54.3 Å². The molecule has 120 valence electrons. The third-order valence-corrected chi connectivity index (χ3v) is 4.82. The van der Waals surface area contributed by atoms with E-state index in [0.717, 1.165) is 29.4 Å². The number of hydrogen-bond donors (Lipinski definition) is 1. The number of anilines is 2. The summed E-state index contributed by atoms with van der Waals surface area (Å²) in [4.78, 5) is 15.4. The molecule has 0 aliphatic carbocycles. The predicted molar refractivity (Wildman–Crippen MR) is 93.6 cm³/mol. The van der Waals surface area contributed by atoms with Crippen molar-refractivity contribution < 1.29 is 9.18 Å². The number of rotatable bonds is 5. The molecule has 1 aliphatic heterocycles. The molecule has 0 spiro atoms. The Labute approximate surface area is 139 Å². The SMILES string of the molecule is O=C(CSc1ccc(F)cc1)Nc1ccccc1N1CCCC1. The quantitative estimate of drug-likeness (QED) is 0.836. The van der Waals surface area contributed by atoms with Crippen LogP contribution in [0.25, 0.3) is 0 Å². The van der Waals surface area contributed by atoms with Crippen molar-refractivity contribution in [2.45, 2.75) is 17.7 Å². The maximum absolute atomic E-state index is 12.9. The lowest BCUT2D eigenvalue weighted by Crippen LogP contribution is -2.21. The number of hydrogen-bond acceptors (Lipinski definition) is 3. The van der Waals surface area contributed by atoms with E-state index in [1.807, 2.05) is 24.3 Å². The van der Waals surface area contributed by atoms with Gasteiger partial charge in [0.25, 0.3) is 0 Å². The van der Waals surface area contributed by atoms with E-state index < -0.39 is 0 Å². The average molecular weight is 330 g/mol. The van der Waals surface area contributed by atoms with Crippen LogP contribution < -0.4 is 10.2 Å². The van der Waals surface area contributed by atoms with Crippen LogP contribution in [0.2, 0.25) is 0 Å². The molecule has 0 unspecified atom stereocenters. The molecule has 0 atom stereocenters. The third kappa shape index (κ3) is 4.26. The first-order chi connectivity index (χ1) is 11.2. The Morgan fingerprint density at radius 3 is 2.52 bits per heavy atom. The van der Waals surface area contributed by atoms with Crippen molar-refractivity contribution in [2.75, 3.05) is 29.1 Å². The van der Waals surface area contributed by atoms with Crippen LogP contribution in [-0.2, 0) is 4.79 Å². The molecule has 1 N–H and O–H groups in total. The standard InChI is InChI=1S/C18H19FN2OS/c19-14-7-9-15(10-8-14)23-13-18(22)20-16-5-1-2-6-17(16)21-11-3-4-12-21/h1-2,5-10H,3-4,11-13H2,(H,20,22). The minimum absolute atomic E-state index is 0.0500. The van der Waals surface area contributed by atoms with Crippen LogP contribution in [0, 0.1) is 5.82 Å². The first-order valence-electron chi connectivity index (χ1n) is 7.74. The van der Waals surface area contributed by atoms with Crippen LogP contribution in [0.5, 0.6) is 0 Å². The van der Waals surface area contributed by atoms with Gasteiger partial charge in [0.15, 0.2) is 0 Å². The normalized spacial score (nSPS) is 14.0. The molecule has 0 radical (unpaired) electrons. The Balaban J connectivity index is 1.60. The number of nitrogens with one attached hydrogen (secondary N) is 1. The second kappa shape index (κ2) is 7.51. The van der Waals surface area contributed by atoms with Gasteiger partial charge < -0.3 is 10.2 Å². The van der Waals surface area contributed by atoms with Gasteiger partial charge in [-0.2, -0.15) is 0 Å². The van der Waals surface area contributed by atoms with Crippen molar-refractivity contribution in [1.29, 1.82) is 0 Å². The molecule has 3 rings (SSSR count). The molecule has 0 aromatic heterocycles. The summed E-state index contributed by atoms with van der Waals surface area (Å²) in [6.45, 7) is 2.08. The maximum Gasteiger partial charge on any atom is 0.234 e. The highest BCUT2D eigenvalue weighted by Gasteiger charge is 2.16. The molecule has 3 nitrogen and oxygen atoms in total. The number of halogens is 1. The Kier molecular flexibility index (Phi) is 5.18. The number of benzene rings is 2. The molecular formula is C18H19FN2OS.